The minimum atomic E-state index is 0.209. The van der Waals surface area contributed by atoms with E-state index in [1.807, 2.05) is 24.3 Å². The molecule has 2 aliphatic rings. The number of carbonyl (C=O) groups is 1. The number of rotatable bonds is 4. The first-order valence-electron chi connectivity index (χ1n) is 6.37. The Morgan fingerprint density at radius 1 is 1.24 bits per heavy atom. The predicted octanol–water partition coefficient (Wildman–Crippen LogP) is 3.46. The number of hydrogen-bond acceptors (Lipinski definition) is 2. The van der Waals surface area contributed by atoms with Crippen LogP contribution < -0.4 is 4.74 Å². The van der Waals surface area contributed by atoms with Crippen LogP contribution in [-0.2, 0) is 0 Å². The van der Waals surface area contributed by atoms with E-state index in [9.17, 15) is 4.79 Å². The van der Waals surface area contributed by atoms with Gasteiger partial charge in [-0.25, -0.2) is 0 Å². The lowest BCUT2D eigenvalue weighted by atomic mass is 10.0. The molecule has 0 N–H and O–H groups in total. The summed E-state index contributed by atoms with van der Waals surface area (Å²) in [6.07, 6.45) is 3.76. The molecule has 2 saturated carbocycles. The molecular formula is C15H18O2. The fourth-order valence-electron chi connectivity index (χ4n) is 2.19. The van der Waals surface area contributed by atoms with Crippen LogP contribution in [0, 0.1) is 11.3 Å². The average molecular weight is 230 g/mol. The van der Waals surface area contributed by atoms with Gasteiger partial charge in [0.2, 0.25) is 0 Å². The molecule has 2 aliphatic carbocycles. The van der Waals surface area contributed by atoms with Crippen molar-refractivity contribution in [1.82, 2.24) is 0 Å². The van der Waals surface area contributed by atoms with Crippen LogP contribution in [0.2, 0.25) is 0 Å². The predicted molar refractivity (Wildman–Crippen MR) is 66.3 cm³/mol. The maximum atomic E-state index is 12.1. The number of carbonyl (C=O) groups excluding carboxylic acids is 1. The molecule has 3 rings (SSSR count). The molecule has 0 saturated heterocycles. The van der Waals surface area contributed by atoms with Crippen molar-refractivity contribution in [2.75, 3.05) is 0 Å². The highest BCUT2D eigenvalue weighted by molar-refractivity contribution is 6.00. The molecule has 1 aromatic carbocycles. The molecule has 0 spiro atoms. The van der Waals surface area contributed by atoms with Crippen molar-refractivity contribution in [3.05, 3.63) is 29.8 Å². The van der Waals surface area contributed by atoms with Gasteiger partial charge in [-0.2, -0.15) is 0 Å². The largest absolute Gasteiger partial charge is 0.490 e. The van der Waals surface area contributed by atoms with Crippen LogP contribution in [0.4, 0.5) is 0 Å². The van der Waals surface area contributed by atoms with Gasteiger partial charge in [-0.05, 0) is 48.9 Å². The monoisotopic (exact) mass is 230 g/mol. The molecular weight excluding hydrogens is 212 g/mol. The standard InChI is InChI=1S/C15H18O2/c1-15(2)9-13(15)14(16)10-3-5-11(6-4-10)17-12-7-8-12/h3-6,12-13H,7-9H2,1-2H3. The molecule has 0 bridgehead atoms. The highest BCUT2D eigenvalue weighted by Crippen LogP contribution is 2.53. The Hall–Kier alpha value is -1.31. The highest BCUT2D eigenvalue weighted by atomic mass is 16.5. The maximum Gasteiger partial charge on any atom is 0.166 e. The molecule has 0 radical (unpaired) electrons. The first-order chi connectivity index (χ1) is 8.06. The smallest absolute Gasteiger partial charge is 0.166 e. The molecule has 2 fully saturated rings. The van der Waals surface area contributed by atoms with E-state index in [-0.39, 0.29) is 17.1 Å². The summed E-state index contributed by atoms with van der Waals surface area (Å²) in [5.74, 6) is 1.39. The highest BCUT2D eigenvalue weighted by Gasteiger charge is 2.50. The summed E-state index contributed by atoms with van der Waals surface area (Å²) in [6, 6.07) is 7.63. The number of ketones is 1. The second kappa shape index (κ2) is 3.59. The normalized spacial score (nSPS) is 25.4. The van der Waals surface area contributed by atoms with Crippen LogP contribution in [0.1, 0.15) is 43.5 Å². The third-order valence-corrected chi connectivity index (χ3v) is 3.80. The quantitative estimate of drug-likeness (QED) is 0.740. The minimum Gasteiger partial charge on any atom is -0.490 e. The number of benzene rings is 1. The van der Waals surface area contributed by atoms with Crippen molar-refractivity contribution in [3.8, 4) is 5.75 Å². The first kappa shape index (κ1) is 10.8. The van der Waals surface area contributed by atoms with Crippen LogP contribution in [-0.4, -0.2) is 11.9 Å². The summed E-state index contributed by atoms with van der Waals surface area (Å²) in [7, 11) is 0. The van der Waals surface area contributed by atoms with Gasteiger partial charge in [0, 0.05) is 11.5 Å². The molecule has 0 aromatic heterocycles. The van der Waals surface area contributed by atoms with E-state index in [1.54, 1.807) is 0 Å². The molecule has 90 valence electrons. The first-order valence-corrected chi connectivity index (χ1v) is 6.37. The van der Waals surface area contributed by atoms with Crippen LogP contribution in [0.5, 0.6) is 5.75 Å². The number of hydrogen-bond donors (Lipinski definition) is 0. The van der Waals surface area contributed by atoms with Gasteiger partial charge in [0.05, 0.1) is 6.10 Å². The summed E-state index contributed by atoms with van der Waals surface area (Å²) < 4.78 is 5.67. The van der Waals surface area contributed by atoms with Crippen molar-refractivity contribution >= 4 is 5.78 Å². The van der Waals surface area contributed by atoms with E-state index in [4.69, 9.17) is 4.74 Å². The van der Waals surface area contributed by atoms with Gasteiger partial charge in [-0.1, -0.05) is 13.8 Å². The van der Waals surface area contributed by atoms with Gasteiger partial charge in [0.25, 0.3) is 0 Å². The summed E-state index contributed by atoms with van der Waals surface area (Å²) >= 11 is 0. The van der Waals surface area contributed by atoms with E-state index in [1.165, 1.54) is 0 Å². The number of ether oxygens (including phenoxy) is 1. The molecule has 1 atom stereocenters. The van der Waals surface area contributed by atoms with Gasteiger partial charge >= 0.3 is 0 Å². The zero-order valence-electron chi connectivity index (χ0n) is 10.4. The van der Waals surface area contributed by atoms with Crippen molar-refractivity contribution in [3.63, 3.8) is 0 Å². The van der Waals surface area contributed by atoms with Crippen molar-refractivity contribution in [2.24, 2.45) is 11.3 Å². The van der Waals surface area contributed by atoms with Gasteiger partial charge in [-0.15, -0.1) is 0 Å². The molecule has 2 nitrogen and oxygen atoms in total. The van der Waals surface area contributed by atoms with E-state index >= 15 is 0 Å². The molecule has 1 aromatic rings. The van der Waals surface area contributed by atoms with Crippen molar-refractivity contribution in [1.29, 1.82) is 0 Å². The zero-order valence-corrected chi connectivity index (χ0v) is 10.4. The Morgan fingerprint density at radius 2 is 1.82 bits per heavy atom. The fraction of sp³-hybridized carbons (Fsp3) is 0.533. The Kier molecular flexibility index (Phi) is 2.29. The van der Waals surface area contributed by atoms with Crippen molar-refractivity contribution < 1.29 is 9.53 Å². The Bertz CT molecular complexity index is 440. The molecule has 0 aliphatic heterocycles. The Morgan fingerprint density at radius 3 is 2.29 bits per heavy atom. The lowest BCUT2D eigenvalue weighted by Gasteiger charge is -2.06. The number of Topliss-reactive ketones (excluding diaryl/α,β-unsaturated/α-hetero) is 1. The lowest BCUT2D eigenvalue weighted by Crippen LogP contribution is -2.06. The van der Waals surface area contributed by atoms with E-state index < -0.39 is 0 Å². The van der Waals surface area contributed by atoms with Gasteiger partial charge in [0.15, 0.2) is 5.78 Å². The second-order valence-electron chi connectivity index (χ2n) is 5.95. The SMILES string of the molecule is CC1(C)CC1C(=O)c1ccc(OC2CC2)cc1. The minimum absolute atomic E-state index is 0.209. The molecule has 17 heavy (non-hydrogen) atoms. The third-order valence-electron chi connectivity index (χ3n) is 3.80. The third kappa shape index (κ3) is 2.21. The average Bonchev–Trinajstić information content (AvgIpc) is 3.18. The molecule has 2 heteroatoms. The zero-order chi connectivity index (χ0) is 12.0. The van der Waals surface area contributed by atoms with Gasteiger partial charge < -0.3 is 4.74 Å². The lowest BCUT2D eigenvalue weighted by molar-refractivity contribution is 0.0953. The summed E-state index contributed by atoms with van der Waals surface area (Å²) in [4.78, 5) is 12.1. The van der Waals surface area contributed by atoms with E-state index in [0.29, 0.717) is 6.10 Å². The summed E-state index contributed by atoms with van der Waals surface area (Å²) in [5, 5.41) is 0. The maximum absolute atomic E-state index is 12.1. The van der Waals surface area contributed by atoms with Crippen LogP contribution in [0.25, 0.3) is 0 Å². The topological polar surface area (TPSA) is 26.3 Å². The molecule has 0 amide bonds. The van der Waals surface area contributed by atoms with Crippen molar-refractivity contribution in [2.45, 2.75) is 39.2 Å². The van der Waals surface area contributed by atoms with Crippen LogP contribution >= 0.6 is 0 Å². The van der Waals surface area contributed by atoms with Gasteiger partial charge in [-0.3, -0.25) is 4.79 Å². The van der Waals surface area contributed by atoms with Gasteiger partial charge in [0.1, 0.15) is 5.75 Å². The summed E-state index contributed by atoms with van der Waals surface area (Å²) in [5.41, 5.74) is 1.03. The van der Waals surface area contributed by atoms with Crippen LogP contribution in [0.15, 0.2) is 24.3 Å². The Labute approximate surface area is 102 Å². The fourth-order valence-corrected chi connectivity index (χ4v) is 2.19. The van der Waals surface area contributed by atoms with Crippen LogP contribution in [0.3, 0.4) is 0 Å². The summed E-state index contributed by atoms with van der Waals surface area (Å²) in [6.45, 7) is 4.31. The molecule has 1 unspecified atom stereocenters. The Balaban J connectivity index is 1.69. The molecule has 0 heterocycles. The van der Waals surface area contributed by atoms with E-state index in [2.05, 4.69) is 13.8 Å². The second-order valence-corrected chi connectivity index (χ2v) is 5.95. The van der Waals surface area contributed by atoms with E-state index in [0.717, 1.165) is 30.6 Å².